The predicted molar refractivity (Wildman–Crippen MR) is 110 cm³/mol. The average Bonchev–Trinajstić information content (AvgIpc) is 2.67. The number of likely N-dealkylation sites (tertiary alicyclic amines) is 1. The lowest BCUT2D eigenvalue weighted by molar-refractivity contribution is -0.132. The number of nitrogens with one attached hydrogen (secondary N) is 2. The van der Waals surface area contributed by atoms with Crippen LogP contribution < -0.4 is 15.5 Å². The Kier molecular flexibility index (Phi) is 5.78. The molecule has 1 aromatic carbocycles. The molecule has 0 bridgehead atoms. The van der Waals surface area contributed by atoms with E-state index in [0.717, 1.165) is 29.1 Å². The normalized spacial score (nSPS) is 17.9. The number of nitrogens with zero attached hydrogens (tertiary/aromatic N) is 4. The third-order valence-corrected chi connectivity index (χ3v) is 4.88. The van der Waals surface area contributed by atoms with Crippen LogP contribution in [0.5, 0.6) is 0 Å². The maximum absolute atomic E-state index is 11.7. The second-order valence-corrected chi connectivity index (χ2v) is 7.13. The molecule has 7 heteroatoms. The number of hydrogen-bond acceptors (Lipinski definition) is 4. The zero-order valence-corrected chi connectivity index (χ0v) is 16.5. The van der Waals surface area contributed by atoms with E-state index < -0.39 is 0 Å². The van der Waals surface area contributed by atoms with Crippen molar-refractivity contribution in [2.45, 2.75) is 25.4 Å². The number of likely N-dealkylation sites (N-methyl/N-ethyl adjacent to an activating group) is 1. The maximum atomic E-state index is 11.7. The molecule has 0 aliphatic carbocycles. The van der Waals surface area contributed by atoms with E-state index in [4.69, 9.17) is 4.98 Å². The average molecular weight is 368 g/mol. The highest BCUT2D eigenvalue weighted by Gasteiger charge is 2.23. The third-order valence-electron chi connectivity index (χ3n) is 4.88. The Bertz CT molecular complexity index is 847. The molecule has 2 heterocycles. The molecule has 2 aromatic rings. The number of carbonyl (C=O) groups excluding carboxylic acids is 1. The summed E-state index contributed by atoms with van der Waals surface area (Å²) in [6.45, 7) is 1.34. The first-order chi connectivity index (χ1) is 13.0. The number of aliphatic imine (C=N–C) groups is 1. The SMILES string of the molecule is CN=C(NCc1cc(N(C)C)nc2ccccc12)NC1CCC(=O)N(C)C1. The zero-order valence-electron chi connectivity index (χ0n) is 16.5. The standard InChI is InChI=1S/C20H28N6O/c1-21-20(23-15-9-10-19(27)26(4)13-15)22-12-14-11-18(25(2)3)24-17-8-6-5-7-16(14)17/h5-8,11,15H,9-10,12-13H2,1-4H3,(H2,21,22,23). The minimum Gasteiger partial charge on any atom is -0.363 e. The van der Waals surface area contributed by atoms with Gasteiger partial charge in [-0.25, -0.2) is 4.98 Å². The van der Waals surface area contributed by atoms with Gasteiger partial charge in [-0.1, -0.05) is 18.2 Å². The highest BCUT2D eigenvalue weighted by Crippen LogP contribution is 2.22. The van der Waals surface area contributed by atoms with Crippen LogP contribution in [0.3, 0.4) is 0 Å². The third kappa shape index (κ3) is 4.48. The van der Waals surface area contributed by atoms with Gasteiger partial charge in [-0.3, -0.25) is 9.79 Å². The van der Waals surface area contributed by atoms with Crippen LogP contribution in [0.15, 0.2) is 35.3 Å². The van der Waals surface area contributed by atoms with Gasteiger partial charge >= 0.3 is 0 Å². The number of amides is 1. The van der Waals surface area contributed by atoms with Gasteiger partial charge in [0.1, 0.15) is 5.82 Å². The highest BCUT2D eigenvalue weighted by atomic mass is 16.2. The van der Waals surface area contributed by atoms with E-state index in [1.165, 1.54) is 5.56 Å². The first-order valence-corrected chi connectivity index (χ1v) is 9.25. The first-order valence-electron chi connectivity index (χ1n) is 9.25. The molecule has 1 saturated heterocycles. The number of anilines is 1. The molecule has 7 nitrogen and oxygen atoms in total. The molecule has 1 fully saturated rings. The number of hydrogen-bond donors (Lipinski definition) is 2. The molecule has 1 unspecified atom stereocenters. The molecule has 1 amide bonds. The quantitative estimate of drug-likeness (QED) is 0.633. The fraction of sp³-hybridized carbons (Fsp3) is 0.450. The van der Waals surface area contributed by atoms with Crippen molar-refractivity contribution in [1.82, 2.24) is 20.5 Å². The van der Waals surface area contributed by atoms with Gasteiger partial charge in [-0.2, -0.15) is 0 Å². The minimum absolute atomic E-state index is 0.204. The van der Waals surface area contributed by atoms with E-state index in [2.05, 4.69) is 27.8 Å². The number of fused-ring (bicyclic) bond motifs is 1. The summed E-state index contributed by atoms with van der Waals surface area (Å²) in [6, 6.07) is 10.5. The van der Waals surface area contributed by atoms with E-state index in [0.29, 0.717) is 19.5 Å². The number of rotatable bonds is 4. The molecule has 0 saturated carbocycles. The predicted octanol–water partition coefficient (Wildman–Crippen LogP) is 1.59. The van der Waals surface area contributed by atoms with E-state index in [1.807, 2.05) is 44.2 Å². The molecule has 1 aliphatic rings. The Hall–Kier alpha value is -2.83. The first kappa shape index (κ1) is 18.9. The fourth-order valence-electron chi connectivity index (χ4n) is 3.30. The van der Waals surface area contributed by atoms with Crippen LogP contribution in [0, 0.1) is 0 Å². The Balaban J connectivity index is 1.72. The van der Waals surface area contributed by atoms with Gasteiger partial charge < -0.3 is 20.4 Å². The number of piperidine rings is 1. The molecule has 2 N–H and O–H groups in total. The summed E-state index contributed by atoms with van der Waals surface area (Å²) in [5.74, 6) is 1.88. The molecule has 1 atom stereocenters. The lowest BCUT2D eigenvalue weighted by atomic mass is 10.1. The van der Waals surface area contributed by atoms with Gasteiger partial charge in [0, 0.05) is 59.1 Å². The molecule has 0 spiro atoms. The summed E-state index contributed by atoms with van der Waals surface area (Å²) in [5.41, 5.74) is 2.15. The van der Waals surface area contributed by atoms with E-state index in [-0.39, 0.29) is 11.9 Å². The second kappa shape index (κ2) is 8.24. The molecule has 1 aromatic heterocycles. The second-order valence-electron chi connectivity index (χ2n) is 7.13. The van der Waals surface area contributed by atoms with Gasteiger partial charge in [0.25, 0.3) is 0 Å². The lowest BCUT2D eigenvalue weighted by Crippen LogP contribution is -2.51. The van der Waals surface area contributed by atoms with Crippen LogP contribution in [-0.2, 0) is 11.3 Å². The van der Waals surface area contributed by atoms with Gasteiger partial charge in [-0.15, -0.1) is 0 Å². The summed E-state index contributed by atoms with van der Waals surface area (Å²) < 4.78 is 0. The summed E-state index contributed by atoms with van der Waals surface area (Å²) >= 11 is 0. The Morgan fingerprint density at radius 3 is 2.85 bits per heavy atom. The number of pyridine rings is 1. The monoisotopic (exact) mass is 368 g/mol. The van der Waals surface area contributed by atoms with Crippen LogP contribution in [0.25, 0.3) is 10.9 Å². The Morgan fingerprint density at radius 1 is 1.37 bits per heavy atom. The van der Waals surface area contributed by atoms with Crippen LogP contribution in [0.2, 0.25) is 0 Å². The summed E-state index contributed by atoms with van der Waals surface area (Å²) in [4.78, 5) is 24.5. The summed E-state index contributed by atoms with van der Waals surface area (Å²) in [5, 5.41) is 7.97. The van der Waals surface area contributed by atoms with Crippen molar-refractivity contribution in [3.8, 4) is 0 Å². The molecule has 144 valence electrons. The van der Waals surface area contributed by atoms with Crippen molar-refractivity contribution in [3.63, 3.8) is 0 Å². The number of aromatic nitrogens is 1. The van der Waals surface area contributed by atoms with Crippen LogP contribution in [0.1, 0.15) is 18.4 Å². The van der Waals surface area contributed by atoms with Crippen molar-refractivity contribution < 1.29 is 4.79 Å². The Labute approximate surface area is 160 Å². The number of carbonyl (C=O) groups is 1. The molecular weight excluding hydrogens is 340 g/mol. The van der Waals surface area contributed by atoms with E-state index in [9.17, 15) is 4.79 Å². The minimum atomic E-state index is 0.204. The van der Waals surface area contributed by atoms with Gasteiger partial charge in [0.05, 0.1) is 5.52 Å². The number of guanidine groups is 1. The van der Waals surface area contributed by atoms with Crippen molar-refractivity contribution in [2.75, 3.05) is 39.6 Å². The highest BCUT2D eigenvalue weighted by molar-refractivity contribution is 5.85. The molecule has 27 heavy (non-hydrogen) atoms. The maximum Gasteiger partial charge on any atom is 0.222 e. The van der Waals surface area contributed by atoms with Crippen LogP contribution in [-0.4, -0.2) is 62.5 Å². The van der Waals surface area contributed by atoms with Crippen LogP contribution in [0.4, 0.5) is 5.82 Å². The van der Waals surface area contributed by atoms with Crippen molar-refractivity contribution in [1.29, 1.82) is 0 Å². The molecular formula is C20H28N6O. The van der Waals surface area contributed by atoms with E-state index in [1.54, 1.807) is 11.9 Å². The van der Waals surface area contributed by atoms with Gasteiger partial charge in [0.15, 0.2) is 5.96 Å². The van der Waals surface area contributed by atoms with Crippen molar-refractivity contribution in [3.05, 3.63) is 35.9 Å². The van der Waals surface area contributed by atoms with Gasteiger partial charge in [0.2, 0.25) is 5.91 Å². The number of benzene rings is 1. The van der Waals surface area contributed by atoms with Gasteiger partial charge in [-0.05, 0) is 24.1 Å². The van der Waals surface area contributed by atoms with Crippen molar-refractivity contribution in [2.24, 2.45) is 4.99 Å². The summed E-state index contributed by atoms with van der Waals surface area (Å²) in [7, 11) is 7.60. The topological polar surface area (TPSA) is 72.9 Å². The van der Waals surface area contributed by atoms with Crippen molar-refractivity contribution >= 4 is 28.6 Å². The molecule has 0 radical (unpaired) electrons. The lowest BCUT2D eigenvalue weighted by Gasteiger charge is -2.31. The van der Waals surface area contributed by atoms with E-state index >= 15 is 0 Å². The summed E-state index contributed by atoms with van der Waals surface area (Å²) in [6.07, 6.45) is 1.40. The fourth-order valence-corrected chi connectivity index (χ4v) is 3.30. The van der Waals surface area contributed by atoms with Crippen LogP contribution >= 0.6 is 0 Å². The largest absolute Gasteiger partial charge is 0.363 e. The Morgan fingerprint density at radius 2 is 2.15 bits per heavy atom. The zero-order chi connectivity index (χ0) is 19.4. The number of para-hydroxylation sites is 1. The molecule has 1 aliphatic heterocycles. The molecule has 3 rings (SSSR count). The smallest absolute Gasteiger partial charge is 0.222 e.